The highest BCUT2D eigenvalue weighted by Crippen LogP contribution is 2.25. The first-order valence-corrected chi connectivity index (χ1v) is 9.02. The van der Waals surface area contributed by atoms with Crippen molar-refractivity contribution in [1.29, 1.82) is 0 Å². The largest absolute Gasteiger partial charge is 0.345 e. The molecule has 0 aliphatic rings. The number of nitrogens with zero attached hydrogens (tertiary/aromatic N) is 2. The molecular weight excluding hydrogens is 334 g/mol. The van der Waals surface area contributed by atoms with Crippen molar-refractivity contribution < 1.29 is 4.79 Å². The van der Waals surface area contributed by atoms with Gasteiger partial charge in [-0.05, 0) is 12.5 Å². The molecule has 1 amide bonds. The monoisotopic (exact) mass is 355 g/mol. The van der Waals surface area contributed by atoms with Crippen molar-refractivity contribution in [3.8, 4) is 0 Å². The molecule has 1 atom stereocenters. The van der Waals surface area contributed by atoms with E-state index in [2.05, 4.69) is 10.3 Å². The van der Waals surface area contributed by atoms with E-state index in [4.69, 9.17) is 0 Å². The van der Waals surface area contributed by atoms with Crippen molar-refractivity contribution in [2.45, 2.75) is 39.2 Å². The van der Waals surface area contributed by atoms with Crippen LogP contribution in [0.5, 0.6) is 0 Å². The first-order chi connectivity index (χ1) is 11.8. The number of aromatic nitrogens is 2. The Morgan fingerprint density at radius 1 is 1.24 bits per heavy atom. The van der Waals surface area contributed by atoms with E-state index in [-0.39, 0.29) is 22.6 Å². The summed E-state index contributed by atoms with van der Waals surface area (Å²) in [7, 11) is 0. The van der Waals surface area contributed by atoms with Crippen LogP contribution < -0.4 is 10.9 Å². The third-order valence-corrected chi connectivity index (χ3v) is 4.95. The first kappa shape index (κ1) is 17.4. The summed E-state index contributed by atoms with van der Waals surface area (Å²) in [5, 5.41) is 4.81. The predicted octanol–water partition coefficient (Wildman–Crippen LogP) is 3.54. The lowest BCUT2D eigenvalue weighted by molar-refractivity contribution is 0.0937. The summed E-state index contributed by atoms with van der Waals surface area (Å²) in [5.41, 5.74) is 1.36. The molecule has 0 bridgehead atoms. The number of thiazole rings is 1. The van der Waals surface area contributed by atoms with Gasteiger partial charge in [-0.15, -0.1) is 11.3 Å². The van der Waals surface area contributed by atoms with Gasteiger partial charge in [-0.25, -0.2) is 4.98 Å². The Balaban J connectivity index is 1.97. The topological polar surface area (TPSA) is 63.5 Å². The number of carbonyl (C=O) groups excluding carboxylic acids is 1. The molecule has 0 fully saturated rings. The Morgan fingerprint density at radius 3 is 2.56 bits per heavy atom. The highest BCUT2D eigenvalue weighted by Gasteiger charge is 2.23. The molecule has 2 aromatic heterocycles. The fourth-order valence-corrected chi connectivity index (χ4v) is 3.74. The van der Waals surface area contributed by atoms with Crippen LogP contribution in [0, 0.1) is 0 Å². The normalized spacial score (nSPS) is 13.0. The van der Waals surface area contributed by atoms with Crippen LogP contribution in [0.25, 0.3) is 4.96 Å². The quantitative estimate of drug-likeness (QED) is 0.781. The molecule has 0 aliphatic heterocycles. The highest BCUT2D eigenvalue weighted by atomic mass is 32.1. The smallest absolute Gasteiger partial charge is 0.271 e. The maximum Gasteiger partial charge on any atom is 0.271 e. The first-order valence-electron chi connectivity index (χ1n) is 8.14. The van der Waals surface area contributed by atoms with E-state index >= 15 is 0 Å². The molecule has 25 heavy (non-hydrogen) atoms. The number of amides is 1. The Labute approximate surface area is 150 Å². The van der Waals surface area contributed by atoms with Crippen molar-refractivity contribution in [3.63, 3.8) is 0 Å². The SMILES string of the molecule is CC(NC(=O)c1cnc2scc(C(C)(C)C)n2c1=O)c1ccccc1. The summed E-state index contributed by atoms with van der Waals surface area (Å²) in [6, 6.07) is 9.44. The van der Waals surface area contributed by atoms with Crippen molar-refractivity contribution in [1.82, 2.24) is 14.7 Å². The molecule has 0 saturated carbocycles. The molecule has 5 nitrogen and oxygen atoms in total. The fourth-order valence-electron chi connectivity index (χ4n) is 2.66. The van der Waals surface area contributed by atoms with Crippen molar-refractivity contribution in [2.75, 3.05) is 0 Å². The summed E-state index contributed by atoms with van der Waals surface area (Å²) in [5.74, 6) is -0.408. The number of nitrogens with one attached hydrogen (secondary N) is 1. The number of hydrogen-bond acceptors (Lipinski definition) is 4. The zero-order valence-electron chi connectivity index (χ0n) is 14.7. The second-order valence-electron chi connectivity index (χ2n) is 7.07. The van der Waals surface area contributed by atoms with Gasteiger partial charge in [0.25, 0.3) is 11.5 Å². The number of carbonyl (C=O) groups is 1. The molecule has 3 rings (SSSR count). The highest BCUT2D eigenvalue weighted by molar-refractivity contribution is 7.15. The molecule has 1 unspecified atom stereocenters. The van der Waals surface area contributed by atoms with E-state index in [0.29, 0.717) is 4.96 Å². The van der Waals surface area contributed by atoms with Crippen LogP contribution in [-0.2, 0) is 5.41 Å². The van der Waals surface area contributed by atoms with Gasteiger partial charge in [0.2, 0.25) is 0 Å². The van der Waals surface area contributed by atoms with Crippen LogP contribution in [0.15, 0.2) is 46.7 Å². The van der Waals surface area contributed by atoms with E-state index in [9.17, 15) is 9.59 Å². The number of rotatable bonds is 3. The van der Waals surface area contributed by atoms with Crippen LogP contribution in [0.4, 0.5) is 0 Å². The molecule has 2 heterocycles. The van der Waals surface area contributed by atoms with E-state index in [0.717, 1.165) is 11.3 Å². The van der Waals surface area contributed by atoms with E-state index in [1.54, 1.807) is 4.40 Å². The molecule has 0 aliphatic carbocycles. The summed E-state index contributed by atoms with van der Waals surface area (Å²) in [6.45, 7) is 7.99. The van der Waals surface area contributed by atoms with Gasteiger partial charge in [-0.3, -0.25) is 14.0 Å². The van der Waals surface area contributed by atoms with E-state index in [1.807, 2.05) is 63.4 Å². The van der Waals surface area contributed by atoms with Gasteiger partial charge in [-0.2, -0.15) is 0 Å². The van der Waals surface area contributed by atoms with Gasteiger partial charge in [-0.1, -0.05) is 51.1 Å². The summed E-state index contributed by atoms with van der Waals surface area (Å²) < 4.78 is 1.55. The van der Waals surface area contributed by atoms with Crippen LogP contribution in [0.2, 0.25) is 0 Å². The van der Waals surface area contributed by atoms with Crippen LogP contribution >= 0.6 is 11.3 Å². The van der Waals surface area contributed by atoms with Crippen LogP contribution in [0.3, 0.4) is 0 Å². The molecule has 3 aromatic rings. The Kier molecular flexibility index (Phi) is 4.47. The molecule has 0 saturated heterocycles. The second kappa shape index (κ2) is 6.44. The summed E-state index contributed by atoms with van der Waals surface area (Å²) in [6.07, 6.45) is 1.37. The zero-order valence-corrected chi connectivity index (χ0v) is 15.6. The minimum Gasteiger partial charge on any atom is -0.345 e. The molecule has 0 radical (unpaired) electrons. The average Bonchev–Trinajstić information content (AvgIpc) is 3.01. The van der Waals surface area contributed by atoms with Gasteiger partial charge in [0, 0.05) is 22.7 Å². The maximum absolute atomic E-state index is 12.9. The molecule has 130 valence electrons. The standard InChI is InChI=1S/C19H21N3O2S/c1-12(13-8-6-5-7-9-13)21-16(23)14-10-20-18-22(17(14)24)15(11-25-18)19(2,3)4/h5-12H,1-4H3,(H,21,23). The van der Waals surface area contributed by atoms with Crippen molar-refractivity contribution in [2.24, 2.45) is 0 Å². The maximum atomic E-state index is 12.9. The van der Waals surface area contributed by atoms with Gasteiger partial charge in [0.05, 0.1) is 6.04 Å². The Morgan fingerprint density at radius 2 is 1.92 bits per heavy atom. The van der Waals surface area contributed by atoms with Crippen molar-refractivity contribution >= 4 is 22.2 Å². The zero-order chi connectivity index (χ0) is 18.2. The van der Waals surface area contributed by atoms with Crippen molar-refractivity contribution in [3.05, 3.63) is 69.1 Å². The predicted molar refractivity (Wildman–Crippen MR) is 100 cm³/mol. The lowest BCUT2D eigenvalue weighted by atomic mass is 9.93. The van der Waals surface area contributed by atoms with Gasteiger partial charge in [0.1, 0.15) is 5.56 Å². The fraction of sp³-hybridized carbons (Fsp3) is 0.316. The molecule has 6 heteroatoms. The molecule has 1 N–H and O–H groups in total. The van der Waals surface area contributed by atoms with Crippen LogP contribution in [0.1, 0.15) is 55.4 Å². The minimum absolute atomic E-state index is 0.0594. The van der Waals surface area contributed by atoms with Crippen LogP contribution in [-0.4, -0.2) is 15.3 Å². The Bertz CT molecular complexity index is 968. The lowest BCUT2D eigenvalue weighted by Crippen LogP contribution is -2.34. The Hall–Kier alpha value is -2.47. The van der Waals surface area contributed by atoms with Gasteiger partial charge in [0.15, 0.2) is 4.96 Å². The van der Waals surface area contributed by atoms with Gasteiger partial charge >= 0.3 is 0 Å². The number of benzene rings is 1. The molecule has 1 aromatic carbocycles. The number of fused-ring (bicyclic) bond motifs is 1. The lowest BCUT2D eigenvalue weighted by Gasteiger charge is -2.18. The third-order valence-electron chi connectivity index (χ3n) is 4.11. The summed E-state index contributed by atoms with van der Waals surface area (Å²) >= 11 is 1.41. The second-order valence-corrected chi connectivity index (χ2v) is 7.91. The molecule has 0 spiro atoms. The number of hydrogen-bond donors (Lipinski definition) is 1. The average molecular weight is 355 g/mol. The van der Waals surface area contributed by atoms with E-state index < -0.39 is 5.91 Å². The minimum atomic E-state index is -0.408. The summed E-state index contributed by atoms with van der Waals surface area (Å²) in [4.78, 5) is 30.4. The van der Waals surface area contributed by atoms with Gasteiger partial charge < -0.3 is 5.32 Å². The molecular formula is C19H21N3O2S. The third kappa shape index (κ3) is 3.35. The van der Waals surface area contributed by atoms with E-state index in [1.165, 1.54) is 17.5 Å².